The van der Waals surface area contributed by atoms with Gasteiger partial charge in [-0.1, -0.05) is 18.2 Å². The Kier molecular flexibility index (Phi) is 4.79. The molecule has 0 amide bonds. The number of aromatic hydroxyl groups is 1. The van der Waals surface area contributed by atoms with Gasteiger partial charge in [-0.3, -0.25) is 0 Å². The van der Waals surface area contributed by atoms with Crippen molar-refractivity contribution in [1.82, 2.24) is 0 Å². The summed E-state index contributed by atoms with van der Waals surface area (Å²) in [6, 6.07) is 13.2. The first-order chi connectivity index (χ1) is 12.0. The number of aryl methyl sites for hydroxylation is 1. The molecule has 0 heterocycles. The zero-order valence-corrected chi connectivity index (χ0v) is 13.7. The summed E-state index contributed by atoms with van der Waals surface area (Å²) in [6.45, 7) is 1.63. The molecule has 0 aromatic heterocycles. The van der Waals surface area contributed by atoms with Crippen molar-refractivity contribution < 1.29 is 18.3 Å². The van der Waals surface area contributed by atoms with Crippen LogP contribution >= 0.6 is 0 Å². The van der Waals surface area contributed by atoms with Crippen LogP contribution < -0.4 is 0 Å². The summed E-state index contributed by atoms with van der Waals surface area (Å²) in [5.74, 6) is -1.15. The molecule has 1 N–H and O–H groups in total. The molecule has 0 unspecified atom stereocenters. The van der Waals surface area contributed by atoms with Crippen molar-refractivity contribution >= 4 is 0 Å². The number of halogens is 3. The van der Waals surface area contributed by atoms with Gasteiger partial charge in [0.15, 0.2) is 0 Å². The first kappa shape index (κ1) is 17.1. The van der Waals surface area contributed by atoms with Crippen LogP contribution in [-0.2, 0) is 12.8 Å². The van der Waals surface area contributed by atoms with Crippen molar-refractivity contribution in [3.63, 3.8) is 0 Å². The molecule has 0 bridgehead atoms. The predicted molar refractivity (Wildman–Crippen MR) is 92.0 cm³/mol. The van der Waals surface area contributed by atoms with Crippen LogP contribution in [0.5, 0.6) is 5.75 Å². The topological polar surface area (TPSA) is 20.2 Å². The van der Waals surface area contributed by atoms with Gasteiger partial charge in [-0.05, 0) is 84.0 Å². The maximum Gasteiger partial charge on any atom is 0.126 e. The summed E-state index contributed by atoms with van der Waals surface area (Å²) in [7, 11) is 0. The predicted octanol–water partition coefficient (Wildman–Crippen LogP) is 5.57. The SMILES string of the molecule is Cc1c(O)ccc(F)c1CCc1cc(-c2cccc(F)c2)ccc1F. The fourth-order valence-electron chi connectivity index (χ4n) is 2.89. The molecule has 128 valence electrons. The van der Waals surface area contributed by atoms with Crippen LogP contribution in [0.4, 0.5) is 13.2 Å². The van der Waals surface area contributed by atoms with Crippen LogP contribution in [-0.4, -0.2) is 5.11 Å². The van der Waals surface area contributed by atoms with Crippen LogP contribution in [0.3, 0.4) is 0 Å². The number of benzene rings is 3. The molecule has 3 aromatic carbocycles. The average molecular weight is 342 g/mol. The maximum absolute atomic E-state index is 14.1. The highest BCUT2D eigenvalue weighted by Gasteiger charge is 2.12. The van der Waals surface area contributed by atoms with Gasteiger partial charge < -0.3 is 5.11 Å². The van der Waals surface area contributed by atoms with Gasteiger partial charge in [0.25, 0.3) is 0 Å². The van der Waals surface area contributed by atoms with E-state index >= 15 is 0 Å². The van der Waals surface area contributed by atoms with Crippen molar-refractivity contribution in [3.05, 3.63) is 88.7 Å². The molecule has 0 saturated carbocycles. The normalized spacial score (nSPS) is 10.9. The second-order valence-corrected chi connectivity index (χ2v) is 5.99. The first-order valence-electron chi connectivity index (χ1n) is 7.97. The highest BCUT2D eigenvalue weighted by Crippen LogP contribution is 2.27. The summed E-state index contributed by atoms with van der Waals surface area (Å²) in [4.78, 5) is 0. The summed E-state index contributed by atoms with van der Waals surface area (Å²) in [5, 5.41) is 9.72. The van der Waals surface area contributed by atoms with E-state index in [0.717, 1.165) is 0 Å². The Morgan fingerprint density at radius 3 is 2.28 bits per heavy atom. The molecule has 25 heavy (non-hydrogen) atoms. The lowest BCUT2D eigenvalue weighted by molar-refractivity contribution is 0.466. The van der Waals surface area contributed by atoms with Crippen LogP contribution in [0.1, 0.15) is 16.7 Å². The number of rotatable bonds is 4. The van der Waals surface area contributed by atoms with E-state index in [9.17, 15) is 18.3 Å². The van der Waals surface area contributed by atoms with E-state index in [1.165, 1.54) is 30.3 Å². The highest BCUT2D eigenvalue weighted by atomic mass is 19.1. The van der Waals surface area contributed by atoms with Gasteiger partial charge in [0.2, 0.25) is 0 Å². The zero-order valence-electron chi connectivity index (χ0n) is 13.7. The standard InChI is InChI=1S/C21H17F3O/c1-13-18(20(24)9-10-21(13)25)7-5-16-11-15(6-8-19(16)23)14-3-2-4-17(22)12-14/h2-4,6,8-12,25H,5,7H2,1H3. The van der Waals surface area contributed by atoms with Gasteiger partial charge in [0.05, 0.1) is 0 Å². The minimum absolute atomic E-state index is 0.0189. The quantitative estimate of drug-likeness (QED) is 0.657. The monoisotopic (exact) mass is 342 g/mol. The third-order valence-electron chi connectivity index (χ3n) is 4.36. The van der Waals surface area contributed by atoms with Crippen molar-refractivity contribution in [3.8, 4) is 16.9 Å². The molecular weight excluding hydrogens is 325 g/mol. The zero-order chi connectivity index (χ0) is 18.0. The number of hydrogen-bond donors (Lipinski definition) is 1. The Hall–Kier alpha value is -2.75. The van der Waals surface area contributed by atoms with Crippen LogP contribution in [0.15, 0.2) is 54.6 Å². The molecule has 1 nitrogen and oxygen atoms in total. The molecular formula is C21H17F3O. The fourth-order valence-corrected chi connectivity index (χ4v) is 2.89. The van der Waals surface area contributed by atoms with E-state index in [1.54, 1.807) is 31.2 Å². The maximum atomic E-state index is 14.1. The van der Waals surface area contributed by atoms with Crippen molar-refractivity contribution in [1.29, 1.82) is 0 Å². The van der Waals surface area contributed by atoms with Gasteiger partial charge in [0.1, 0.15) is 23.2 Å². The molecule has 0 saturated heterocycles. The lowest BCUT2D eigenvalue weighted by atomic mass is 9.96. The molecule has 3 rings (SSSR count). The summed E-state index contributed by atoms with van der Waals surface area (Å²) in [6.07, 6.45) is 0.534. The fraction of sp³-hybridized carbons (Fsp3) is 0.143. The van der Waals surface area contributed by atoms with Crippen LogP contribution in [0.2, 0.25) is 0 Å². The van der Waals surface area contributed by atoms with Gasteiger partial charge in [-0.25, -0.2) is 13.2 Å². The first-order valence-corrected chi connectivity index (χ1v) is 7.97. The molecule has 0 spiro atoms. The molecule has 3 aromatic rings. The Labute approximate surface area is 144 Å². The van der Waals surface area contributed by atoms with Gasteiger partial charge in [-0.2, -0.15) is 0 Å². The van der Waals surface area contributed by atoms with Crippen molar-refractivity contribution in [2.75, 3.05) is 0 Å². The van der Waals surface area contributed by atoms with Crippen molar-refractivity contribution in [2.24, 2.45) is 0 Å². The van der Waals surface area contributed by atoms with E-state index in [4.69, 9.17) is 0 Å². The molecule has 4 heteroatoms. The molecule has 0 aliphatic rings. The minimum Gasteiger partial charge on any atom is -0.508 e. The molecule has 0 aliphatic heterocycles. The van der Waals surface area contributed by atoms with E-state index in [2.05, 4.69) is 0 Å². The summed E-state index contributed by atoms with van der Waals surface area (Å²) in [5.41, 5.74) is 2.60. The Balaban J connectivity index is 1.89. The Morgan fingerprint density at radius 2 is 1.52 bits per heavy atom. The van der Waals surface area contributed by atoms with Crippen molar-refractivity contribution in [2.45, 2.75) is 19.8 Å². The van der Waals surface area contributed by atoms with Crippen LogP contribution in [0, 0.1) is 24.4 Å². The largest absolute Gasteiger partial charge is 0.508 e. The second kappa shape index (κ2) is 7.01. The second-order valence-electron chi connectivity index (χ2n) is 5.99. The number of phenols is 1. The summed E-state index contributed by atoms with van der Waals surface area (Å²) >= 11 is 0. The van der Waals surface area contributed by atoms with Crippen LogP contribution in [0.25, 0.3) is 11.1 Å². The lowest BCUT2D eigenvalue weighted by Crippen LogP contribution is -2.00. The van der Waals surface area contributed by atoms with Gasteiger partial charge >= 0.3 is 0 Å². The van der Waals surface area contributed by atoms with Gasteiger partial charge in [0, 0.05) is 0 Å². The third-order valence-corrected chi connectivity index (χ3v) is 4.36. The summed E-state index contributed by atoms with van der Waals surface area (Å²) < 4.78 is 41.5. The van der Waals surface area contributed by atoms with E-state index in [-0.39, 0.29) is 24.4 Å². The van der Waals surface area contributed by atoms with E-state index < -0.39 is 11.6 Å². The average Bonchev–Trinajstić information content (AvgIpc) is 2.60. The Morgan fingerprint density at radius 1 is 0.800 bits per heavy atom. The van der Waals surface area contributed by atoms with Gasteiger partial charge in [-0.15, -0.1) is 0 Å². The number of hydrogen-bond acceptors (Lipinski definition) is 1. The van der Waals surface area contributed by atoms with E-state index in [0.29, 0.717) is 27.8 Å². The minimum atomic E-state index is -0.419. The number of phenolic OH excluding ortho intramolecular Hbond substituents is 1. The highest BCUT2D eigenvalue weighted by molar-refractivity contribution is 5.64. The molecule has 0 fully saturated rings. The molecule has 0 radical (unpaired) electrons. The Bertz CT molecular complexity index is 919. The molecule has 0 aliphatic carbocycles. The van der Waals surface area contributed by atoms with E-state index in [1.807, 2.05) is 0 Å². The third kappa shape index (κ3) is 3.68. The molecule has 0 atom stereocenters. The lowest BCUT2D eigenvalue weighted by Gasteiger charge is -2.11. The smallest absolute Gasteiger partial charge is 0.126 e.